The zero-order chi connectivity index (χ0) is 8.97. The fourth-order valence-electron chi connectivity index (χ4n) is 1.16. The van der Waals surface area contributed by atoms with Crippen LogP contribution < -0.4 is 5.56 Å². The van der Waals surface area contributed by atoms with Crippen molar-refractivity contribution in [1.29, 1.82) is 0 Å². The van der Waals surface area contributed by atoms with Crippen molar-refractivity contribution in [3.63, 3.8) is 0 Å². The lowest BCUT2D eigenvalue weighted by Gasteiger charge is -2.00. The molecule has 12 heavy (non-hydrogen) atoms. The van der Waals surface area contributed by atoms with Crippen LogP contribution in [0.2, 0.25) is 0 Å². The van der Waals surface area contributed by atoms with Crippen LogP contribution in [-0.2, 0) is 13.0 Å². The Labute approximate surface area is 71.1 Å². The minimum atomic E-state index is -0.134. The molecule has 0 aromatic carbocycles. The first-order valence-corrected chi connectivity index (χ1v) is 4.09. The summed E-state index contributed by atoms with van der Waals surface area (Å²) >= 11 is 0. The van der Waals surface area contributed by atoms with E-state index in [1.807, 2.05) is 13.0 Å². The van der Waals surface area contributed by atoms with E-state index in [4.69, 9.17) is 5.11 Å². The average molecular weight is 167 g/mol. The van der Waals surface area contributed by atoms with E-state index in [9.17, 15) is 4.79 Å². The number of H-pyrrole nitrogens is 1. The van der Waals surface area contributed by atoms with Gasteiger partial charge in [0.05, 0.1) is 6.61 Å². The molecule has 1 rings (SSSR count). The van der Waals surface area contributed by atoms with Crippen LogP contribution in [0, 0.1) is 0 Å². The van der Waals surface area contributed by atoms with Crippen LogP contribution in [0.3, 0.4) is 0 Å². The standard InChI is InChI=1S/C9H13NO2/c1-2-3-8-4-7(6-11)5-9(12)10-8/h4-5,11H,2-3,6H2,1H3,(H,10,12). The fourth-order valence-corrected chi connectivity index (χ4v) is 1.16. The summed E-state index contributed by atoms with van der Waals surface area (Å²) in [5, 5.41) is 8.80. The number of nitrogens with one attached hydrogen (secondary N) is 1. The minimum Gasteiger partial charge on any atom is -0.392 e. The maximum atomic E-state index is 11.0. The predicted molar refractivity (Wildman–Crippen MR) is 47.0 cm³/mol. The number of aromatic amines is 1. The number of rotatable bonds is 3. The van der Waals surface area contributed by atoms with Gasteiger partial charge in [0, 0.05) is 11.8 Å². The monoisotopic (exact) mass is 167 g/mol. The summed E-state index contributed by atoms with van der Waals surface area (Å²) in [6, 6.07) is 3.24. The van der Waals surface area contributed by atoms with Crippen LogP contribution >= 0.6 is 0 Å². The molecule has 0 saturated carbocycles. The van der Waals surface area contributed by atoms with Crippen molar-refractivity contribution in [3.05, 3.63) is 33.7 Å². The topological polar surface area (TPSA) is 53.1 Å². The SMILES string of the molecule is CCCc1cc(CO)cc(=O)[nH]1. The molecule has 0 aliphatic heterocycles. The van der Waals surface area contributed by atoms with Crippen molar-refractivity contribution in [2.24, 2.45) is 0 Å². The number of hydrogen-bond donors (Lipinski definition) is 2. The van der Waals surface area contributed by atoms with Gasteiger partial charge >= 0.3 is 0 Å². The lowest BCUT2D eigenvalue weighted by atomic mass is 10.2. The number of hydrogen-bond acceptors (Lipinski definition) is 2. The Morgan fingerprint density at radius 1 is 1.50 bits per heavy atom. The molecule has 3 heteroatoms. The van der Waals surface area contributed by atoms with E-state index in [2.05, 4.69) is 4.98 Å². The third-order valence-electron chi connectivity index (χ3n) is 1.66. The Balaban J connectivity index is 2.98. The second-order valence-electron chi connectivity index (χ2n) is 2.79. The number of aliphatic hydroxyl groups is 1. The summed E-state index contributed by atoms with van der Waals surface area (Å²) < 4.78 is 0. The lowest BCUT2D eigenvalue weighted by molar-refractivity contribution is 0.281. The highest BCUT2D eigenvalue weighted by Crippen LogP contribution is 2.00. The molecular weight excluding hydrogens is 154 g/mol. The van der Waals surface area contributed by atoms with E-state index in [-0.39, 0.29) is 12.2 Å². The Morgan fingerprint density at radius 2 is 2.25 bits per heavy atom. The van der Waals surface area contributed by atoms with E-state index in [1.54, 1.807) is 0 Å². The maximum Gasteiger partial charge on any atom is 0.248 e. The first-order valence-electron chi connectivity index (χ1n) is 4.09. The molecule has 0 aliphatic rings. The quantitative estimate of drug-likeness (QED) is 0.700. The molecule has 0 saturated heterocycles. The molecule has 1 heterocycles. The van der Waals surface area contributed by atoms with Crippen LogP contribution in [0.15, 0.2) is 16.9 Å². The van der Waals surface area contributed by atoms with Gasteiger partial charge in [-0.2, -0.15) is 0 Å². The van der Waals surface area contributed by atoms with E-state index >= 15 is 0 Å². The van der Waals surface area contributed by atoms with E-state index < -0.39 is 0 Å². The maximum absolute atomic E-state index is 11.0. The lowest BCUT2D eigenvalue weighted by Crippen LogP contribution is -2.09. The van der Waals surface area contributed by atoms with Crippen molar-refractivity contribution in [1.82, 2.24) is 4.98 Å². The van der Waals surface area contributed by atoms with Crippen molar-refractivity contribution < 1.29 is 5.11 Å². The normalized spacial score (nSPS) is 10.2. The van der Waals surface area contributed by atoms with Gasteiger partial charge in [0.2, 0.25) is 5.56 Å². The third-order valence-corrected chi connectivity index (χ3v) is 1.66. The summed E-state index contributed by atoms with van der Waals surface area (Å²) in [4.78, 5) is 13.7. The summed E-state index contributed by atoms with van der Waals surface area (Å²) in [7, 11) is 0. The van der Waals surface area contributed by atoms with Crippen molar-refractivity contribution in [2.75, 3.05) is 0 Å². The predicted octanol–water partition coefficient (Wildman–Crippen LogP) is 0.820. The minimum absolute atomic E-state index is 0.0688. The van der Waals surface area contributed by atoms with Crippen molar-refractivity contribution in [3.8, 4) is 0 Å². The molecule has 1 aromatic heterocycles. The van der Waals surface area contributed by atoms with Gasteiger partial charge in [-0.25, -0.2) is 0 Å². The molecule has 0 aliphatic carbocycles. The van der Waals surface area contributed by atoms with E-state index in [0.717, 1.165) is 18.5 Å². The first-order chi connectivity index (χ1) is 5.76. The Morgan fingerprint density at radius 3 is 2.83 bits per heavy atom. The molecular formula is C9H13NO2. The molecule has 66 valence electrons. The Bertz CT molecular complexity index is 304. The van der Waals surface area contributed by atoms with Gasteiger partial charge in [-0.05, 0) is 18.1 Å². The number of pyridine rings is 1. The summed E-state index contributed by atoms with van der Waals surface area (Å²) in [6.07, 6.45) is 1.84. The smallest absolute Gasteiger partial charge is 0.248 e. The largest absolute Gasteiger partial charge is 0.392 e. The summed E-state index contributed by atoms with van der Waals surface area (Å²) in [6.45, 7) is 1.98. The molecule has 0 fully saturated rings. The number of aryl methyl sites for hydroxylation is 1. The van der Waals surface area contributed by atoms with Gasteiger partial charge in [-0.1, -0.05) is 13.3 Å². The summed E-state index contributed by atoms with van der Waals surface area (Å²) in [5.41, 5.74) is 1.45. The first kappa shape index (κ1) is 9.00. The Kier molecular flexibility index (Phi) is 3.05. The zero-order valence-corrected chi connectivity index (χ0v) is 7.13. The van der Waals surface area contributed by atoms with Gasteiger partial charge in [0.1, 0.15) is 0 Å². The molecule has 0 radical (unpaired) electrons. The van der Waals surface area contributed by atoms with Crippen molar-refractivity contribution >= 4 is 0 Å². The number of aliphatic hydroxyl groups excluding tert-OH is 1. The van der Waals surface area contributed by atoms with Gasteiger partial charge in [-0.15, -0.1) is 0 Å². The van der Waals surface area contributed by atoms with Gasteiger partial charge < -0.3 is 10.1 Å². The summed E-state index contributed by atoms with van der Waals surface area (Å²) in [5.74, 6) is 0. The highest BCUT2D eigenvalue weighted by molar-refractivity contribution is 5.15. The second kappa shape index (κ2) is 4.07. The molecule has 1 aromatic rings. The van der Waals surface area contributed by atoms with Crippen LogP contribution in [0.1, 0.15) is 24.6 Å². The van der Waals surface area contributed by atoms with Gasteiger partial charge in [-0.3, -0.25) is 4.79 Å². The molecule has 0 unspecified atom stereocenters. The van der Waals surface area contributed by atoms with Crippen LogP contribution in [0.5, 0.6) is 0 Å². The van der Waals surface area contributed by atoms with Crippen LogP contribution in [0.4, 0.5) is 0 Å². The third kappa shape index (κ3) is 2.20. The van der Waals surface area contributed by atoms with Gasteiger partial charge in [0.25, 0.3) is 0 Å². The Hall–Kier alpha value is -1.09. The van der Waals surface area contributed by atoms with E-state index in [1.165, 1.54) is 6.07 Å². The number of aromatic nitrogens is 1. The van der Waals surface area contributed by atoms with Gasteiger partial charge in [0.15, 0.2) is 0 Å². The van der Waals surface area contributed by atoms with Crippen LogP contribution in [-0.4, -0.2) is 10.1 Å². The molecule has 0 atom stereocenters. The van der Waals surface area contributed by atoms with E-state index in [0.29, 0.717) is 5.56 Å². The second-order valence-corrected chi connectivity index (χ2v) is 2.79. The molecule has 0 amide bonds. The molecule has 2 N–H and O–H groups in total. The highest BCUT2D eigenvalue weighted by atomic mass is 16.3. The highest BCUT2D eigenvalue weighted by Gasteiger charge is 1.96. The molecule has 0 bridgehead atoms. The molecule has 3 nitrogen and oxygen atoms in total. The fraction of sp³-hybridized carbons (Fsp3) is 0.444. The average Bonchev–Trinajstić information content (AvgIpc) is 2.04. The van der Waals surface area contributed by atoms with Crippen LogP contribution in [0.25, 0.3) is 0 Å². The zero-order valence-electron chi connectivity index (χ0n) is 7.13. The molecule has 0 spiro atoms. The van der Waals surface area contributed by atoms with Crippen molar-refractivity contribution in [2.45, 2.75) is 26.4 Å².